The minimum Gasteiger partial charge on any atom is -0.385 e. The Hall–Kier alpha value is -1.86. The predicted octanol–water partition coefficient (Wildman–Crippen LogP) is 0.983. The molecule has 0 fully saturated rings. The Bertz CT molecular complexity index is 662. The molecule has 7 heteroatoms. The molecule has 2 rings (SSSR count). The van der Waals surface area contributed by atoms with E-state index in [1.54, 1.807) is 28.9 Å². The van der Waals surface area contributed by atoms with Crippen molar-refractivity contribution in [3.05, 3.63) is 42.2 Å². The Labute approximate surface area is 118 Å². The summed E-state index contributed by atoms with van der Waals surface area (Å²) in [7, 11) is -0.0823. The van der Waals surface area contributed by atoms with Crippen molar-refractivity contribution < 1.29 is 8.42 Å². The first kappa shape index (κ1) is 14.5. The Morgan fingerprint density at radius 3 is 2.45 bits per heavy atom. The van der Waals surface area contributed by atoms with Crippen LogP contribution in [0.25, 0.3) is 0 Å². The topological polar surface area (TPSA) is 76.0 Å². The molecular formula is C13H18N4O2S. The molecule has 0 spiro atoms. The first-order valence-electron chi connectivity index (χ1n) is 6.27. The fourth-order valence-corrected chi connectivity index (χ4v) is 2.53. The summed E-state index contributed by atoms with van der Waals surface area (Å²) in [4.78, 5) is 0.260. The van der Waals surface area contributed by atoms with Crippen LogP contribution in [0.3, 0.4) is 0 Å². The van der Waals surface area contributed by atoms with E-state index in [4.69, 9.17) is 0 Å². The lowest BCUT2D eigenvalue weighted by Gasteiger charge is -2.07. The zero-order valence-corrected chi connectivity index (χ0v) is 12.3. The van der Waals surface area contributed by atoms with Gasteiger partial charge in [0.1, 0.15) is 0 Å². The number of hydrogen-bond acceptors (Lipinski definition) is 4. The van der Waals surface area contributed by atoms with E-state index in [1.165, 1.54) is 7.05 Å². The molecule has 2 N–H and O–H groups in total. The normalized spacial score (nSPS) is 11.5. The molecule has 1 aromatic heterocycles. The van der Waals surface area contributed by atoms with E-state index in [1.807, 2.05) is 19.3 Å². The molecule has 20 heavy (non-hydrogen) atoms. The Balaban J connectivity index is 1.91. The van der Waals surface area contributed by atoms with E-state index in [2.05, 4.69) is 15.1 Å². The third-order valence-corrected chi connectivity index (χ3v) is 4.34. The van der Waals surface area contributed by atoms with Crippen LogP contribution in [0.2, 0.25) is 0 Å². The van der Waals surface area contributed by atoms with Gasteiger partial charge in [-0.15, -0.1) is 0 Å². The number of sulfonamides is 1. The molecule has 0 bridgehead atoms. The van der Waals surface area contributed by atoms with E-state index in [9.17, 15) is 8.42 Å². The molecule has 0 aliphatic carbocycles. The molecule has 2 aromatic rings. The molecule has 0 aliphatic heterocycles. The Kier molecular flexibility index (Phi) is 4.41. The highest BCUT2D eigenvalue weighted by Crippen LogP contribution is 2.13. The zero-order chi connectivity index (χ0) is 14.6. The van der Waals surface area contributed by atoms with Gasteiger partial charge in [-0.25, -0.2) is 13.1 Å². The van der Waals surface area contributed by atoms with Gasteiger partial charge in [0.15, 0.2) is 0 Å². The first-order chi connectivity index (χ1) is 9.51. The summed E-state index contributed by atoms with van der Waals surface area (Å²) >= 11 is 0. The number of aryl methyl sites for hydroxylation is 1. The zero-order valence-electron chi connectivity index (χ0n) is 11.5. The third-order valence-electron chi connectivity index (χ3n) is 2.91. The average Bonchev–Trinajstić information content (AvgIpc) is 2.85. The lowest BCUT2D eigenvalue weighted by molar-refractivity contribution is 0.588. The molecule has 0 aliphatic rings. The largest absolute Gasteiger partial charge is 0.385 e. The molecule has 0 unspecified atom stereocenters. The molecule has 1 aromatic carbocycles. The molecule has 0 saturated carbocycles. The van der Waals surface area contributed by atoms with Gasteiger partial charge >= 0.3 is 0 Å². The molecule has 0 saturated heterocycles. The summed E-state index contributed by atoms with van der Waals surface area (Å²) in [6.07, 6.45) is 2.73. The highest BCUT2D eigenvalue weighted by molar-refractivity contribution is 7.89. The summed E-state index contributed by atoms with van der Waals surface area (Å²) < 4.78 is 27.2. The maximum Gasteiger partial charge on any atom is 0.240 e. The fraction of sp³-hybridized carbons (Fsp3) is 0.308. The van der Waals surface area contributed by atoms with Crippen molar-refractivity contribution >= 4 is 15.7 Å². The monoisotopic (exact) mass is 294 g/mol. The van der Waals surface area contributed by atoms with E-state index in [0.717, 1.165) is 24.3 Å². The van der Waals surface area contributed by atoms with Crippen LogP contribution in [0.5, 0.6) is 0 Å². The molecule has 0 radical (unpaired) electrons. The smallest absolute Gasteiger partial charge is 0.240 e. The van der Waals surface area contributed by atoms with Gasteiger partial charge < -0.3 is 5.32 Å². The quantitative estimate of drug-likeness (QED) is 0.833. The summed E-state index contributed by atoms with van der Waals surface area (Å²) in [5.41, 5.74) is 1.91. The standard InChI is InChI=1S/C13H18N4O2S/c1-14-20(18,19)13-5-3-11(4-6-13)15-9-7-12-8-10-17(2)16-12/h3-6,8,10,14-15H,7,9H2,1-2H3. The van der Waals surface area contributed by atoms with Gasteiger partial charge in [0.25, 0.3) is 0 Å². The van der Waals surface area contributed by atoms with Crippen molar-refractivity contribution in [1.29, 1.82) is 0 Å². The first-order valence-corrected chi connectivity index (χ1v) is 7.75. The number of benzene rings is 1. The average molecular weight is 294 g/mol. The van der Waals surface area contributed by atoms with Crippen molar-refractivity contribution in [2.45, 2.75) is 11.3 Å². The number of aromatic nitrogens is 2. The van der Waals surface area contributed by atoms with E-state index in [-0.39, 0.29) is 4.90 Å². The fourth-order valence-electron chi connectivity index (χ4n) is 1.80. The van der Waals surface area contributed by atoms with Gasteiger partial charge in [-0.05, 0) is 37.4 Å². The number of rotatable bonds is 6. The number of hydrogen-bond donors (Lipinski definition) is 2. The van der Waals surface area contributed by atoms with Crippen LogP contribution in [0.4, 0.5) is 5.69 Å². The van der Waals surface area contributed by atoms with Crippen molar-refractivity contribution in [3.8, 4) is 0 Å². The Morgan fingerprint density at radius 2 is 1.90 bits per heavy atom. The lowest BCUT2D eigenvalue weighted by atomic mass is 10.3. The van der Waals surface area contributed by atoms with Crippen LogP contribution < -0.4 is 10.0 Å². The molecule has 0 atom stereocenters. The minimum absolute atomic E-state index is 0.260. The van der Waals surface area contributed by atoms with Crippen molar-refractivity contribution in [2.75, 3.05) is 18.9 Å². The van der Waals surface area contributed by atoms with Crippen LogP contribution in [0.1, 0.15) is 5.69 Å². The van der Waals surface area contributed by atoms with Gasteiger partial charge in [0.2, 0.25) is 10.0 Å². The van der Waals surface area contributed by atoms with Crippen LogP contribution >= 0.6 is 0 Å². The highest BCUT2D eigenvalue weighted by Gasteiger charge is 2.10. The molecule has 108 valence electrons. The molecule has 1 heterocycles. The van der Waals surface area contributed by atoms with E-state index in [0.29, 0.717) is 0 Å². The second-order valence-electron chi connectivity index (χ2n) is 4.39. The summed E-state index contributed by atoms with van der Waals surface area (Å²) in [6.45, 7) is 0.745. The number of nitrogens with one attached hydrogen (secondary N) is 2. The summed E-state index contributed by atoms with van der Waals surface area (Å²) in [5, 5.41) is 7.52. The van der Waals surface area contributed by atoms with Gasteiger partial charge in [-0.3, -0.25) is 4.68 Å². The third kappa shape index (κ3) is 3.58. The van der Waals surface area contributed by atoms with Crippen molar-refractivity contribution in [1.82, 2.24) is 14.5 Å². The van der Waals surface area contributed by atoms with Gasteiger partial charge in [0, 0.05) is 31.9 Å². The van der Waals surface area contributed by atoms with Gasteiger partial charge in [-0.1, -0.05) is 0 Å². The van der Waals surface area contributed by atoms with Crippen LogP contribution in [-0.4, -0.2) is 31.8 Å². The maximum absolute atomic E-state index is 11.6. The summed E-state index contributed by atoms with van der Waals surface area (Å²) in [5.74, 6) is 0. The predicted molar refractivity (Wildman–Crippen MR) is 78.1 cm³/mol. The minimum atomic E-state index is -3.37. The molecule has 6 nitrogen and oxygen atoms in total. The van der Waals surface area contributed by atoms with E-state index >= 15 is 0 Å². The highest BCUT2D eigenvalue weighted by atomic mass is 32.2. The Morgan fingerprint density at radius 1 is 1.20 bits per heavy atom. The van der Waals surface area contributed by atoms with Gasteiger partial charge in [0.05, 0.1) is 10.6 Å². The van der Waals surface area contributed by atoms with E-state index < -0.39 is 10.0 Å². The van der Waals surface area contributed by atoms with Gasteiger partial charge in [-0.2, -0.15) is 5.10 Å². The second kappa shape index (κ2) is 6.06. The maximum atomic E-state index is 11.6. The van der Waals surface area contributed by atoms with Crippen LogP contribution in [0, 0.1) is 0 Å². The molecular weight excluding hydrogens is 276 g/mol. The van der Waals surface area contributed by atoms with Crippen molar-refractivity contribution in [3.63, 3.8) is 0 Å². The number of anilines is 1. The lowest BCUT2D eigenvalue weighted by Crippen LogP contribution is -2.18. The van der Waals surface area contributed by atoms with Crippen molar-refractivity contribution in [2.24, 2.45) is 7.05 Å². The number of nitrogens with zero attached hydrogens (tertiary/aromatic N) is 2. The molecule has 0 amide bonds. The van der Waals surface area contributed by atoms with Crippen LogP contribution in [0.15, 0.2) is 41.4 Å². The summed E-state index contributed by atoms with van der Waals surface area (Å²) in [6, 6.07) is 8.64. The SMILES string of the molecule is CNS(=O)(=O)c1ccc(NCCc2ccn(C)n2)cc1. The van der Waals surface area contributed by atoms with Crippen LogP contribution in [-0.2, 0) is 23.5 Å². The second-order valence-corrected chi connectivity index (χ2v) is 6.28.